The number of carbonyl (C=O) groups is 1. The second-order valence-corrected chi connectivity index (χ2v) is 6.48. The van der Waals surface area contributed by atoms with Gasteiger partial charge < -0.3 is 19.5 Å². The topological polar surface area (TPSA) is 80.6 Å². The fourth-order valence-electron chi connectivity index (χ4n) is 2.93. The van der Waals surface area contributed by atoms with Gasteiger partial charge in [-0.25, -0.2) is 0 Å². The standard InChI is InChI=1S/C24H28N2O4/c1-5-18-12-20(24(29-7-3)22(13-18)17(4)28-6-2)14-23(27)30-16-26-21-10-8-19(15-25)9-11-21/h8-13,26H,4-7,14,16H2,1-3H3. The minimum atomic E-state index is -0.377. The van der Waals surface area contributed by atoms with E-state index in [2.05, 4.69) is 18.0 Å². The van der Waals surface area contributed by atoms with Crippen molar-refractivity contribution in [2.45, 2.75) is 33.6 Å². The zero-order valence-corrected chi connectivity index (χ0v) is 17.8. The predicted octanol–water partition coefficient (Wildman–Crippen LogP) is 4.68. The van der Waals surface area contributed by atoms with Gasteiger partial charge in [-0.3, -0.25) is 4.79 Å². The largest absolute Gasteiger partial charge is 0.494 e. The first-order chi connectivity index (χ1) is 14.5. The van der Waals surface area contributed by atoms with Gasteiger partial charge in [0, 0.05) is 11.3 Å². The van der Waals surface area contributed by atoms with Crippen LogP contribution in [0.25, 0.3) is 5.76 Å². The lowest BCUT2D eigenvalue weighted by Gasteiger charge is -2.18. The highest BCUT2D eigenvalue weighted by Gasteiger charge is 2.18. The molecule has 0 aromatic heterocycles. The van der Waals surface area contributed by atoms with Gasteiger partial charge in [-0.15, -0.1) is 0 Å². The molecule has 0 unspecified atom stereocenters. The van der Waals surface area contributed by atoms with Crippen molar-refractivity contribution < 1.29 is 19.0 Å². The maximum atomic E-state index is 12.5. The molecule has 0 aliphatic heterocycles. The van der Waals surface area contributed by atoms with Gasteiger partial charge in [-0.05, 0) is 56.2 Å². The first-order valence-corrected chi connectivity index (χ1v) is 10.0. The van der Waals surface area contributed by atoms with Gasteiger partial charge in [0.05, 0.1) is 36.8 Å². The highest BCUT2D eigenvalue weighted by atomic mass is 16.5. The van der Waals surface area contributed by atoms with Gasteiger partial charge in [0.1, 0.15) is 11.5 Å². The quantitative estimate of drug-likeness (QED) is 0.330. The van der Waals surface area contributed by atoms with Crippen LogP contribution in [-0.4, -0.2) is 25.9 Å². The molecule has 0 saturated heterocycles. The van der Waals surface area contributed by atoms with Crippen LogP contribution in [0.15, 0.2) is 43.0 Å². The number of carbonyl (C=O) groups excluding carboxylic acids is 1. The van der Waals surface area contributed by atoms with Crippen LogP contribution >= 0.6 is 0 Å². The number of ether oxygens (including phenoxy) is 3. The molecular weight excluding hydrogens is 380 g/mol. The monoisotopic (exact) mass is 408 g/mol. The molecule has 2 aromatic rings. The Morgan fingerprint density at radius 3 is 2.43 bits per heavy atom. The number of anilines is 1. The molecule has 30 heavy (non-hydrogen) atoms. The summed E-state index contributed by atoms with van der Waals surface area (Å²) in [5, 5.41) is 11.8. The molecule has 0 heterocycles. The Morgan fingerprint density at radius 2 is 1.83 bits per heavy atom. The van der Waals surface area contributed by atoms with E-state index in [-0.39, 0.29) is 19.1 Å². The van der Waals surface area contributed by atoms with Crippen LogP contribution in [0, 0.1) is 11.3 Å². The van der Waals surface area contributed by atoms with E-state index < -0.39 is 0 Å². The number of hydrogen-bond donors (Lipinski definition) is 1. The van der Waals surface area contributed by atoms with Crippen molar-refractivity contribution in [2.75, 3.05) is 25.3 Å². The van der Waals surface area contributed by atoms with Gasteiger partial charge in [0.2, 0.25) is 0 Å². The summed E-state index contributed by atoms with van der Waals surface area (Å²) in [7, 11) is 0. The van der Waals surface area contributed by atoms with Crippen LogP contribution in [0.3, 0.4) is 0 Å². The summed E-state index contributed by atoms with van der Waals surface area (Å²) in [5.41, 5.74) is 3.90. The SMILES string of the molecule is C=C(OCC)c1cc(CC)cc(CC(=O)OCNc2ccc(C#N)cc2)c1OCC. The van der Waals surface area contributed by atoms with Gasteiger partial charge >= 0.3 is 5.97 Å². The minimum Gasteiger partial charge on any atom is -0.494 e. The van der Waals surface area contributed by atoms with Gasteiger partial charge in [0.15, 0.2) is 6.73 Å². The molecule has 2 aromatic carbocycles. The van der Waals surface area contributed by atoms with Gasteiger partial charge in [-0.2, -0.15) is 5.26 Å². The molecule has 0 aliphatic carbocycles. The van der Waals surface area contributed by atoms with Crippen molar-refractivity contribution in [3.8, 4) is 11.8 Å². The van der Waals surface area contributed by atoms with E-state index in [1.807, 2.05) is 32.9 Å². The fraction of sp³-hybridized carbons (Fsp3) is 0.333. The van der Waals surface area contributed by atoms with Crippen LogP contribution in [-0.2, 0) is 27.1 Å². The van der Waals surface area contributed by atoms with Crippen LogP contribution in [0.4, 0.5) is 5.69 Å². The fourth-order valence-corrected chi connectivity index (χ4v) is 2.93. The van der Waals surface area contributed by atoms with E-state index in [9.17, 15) is 4.79 Å². The smallest absolute Gasteiger partial charge is 0.312 e. The number of esters is 1. The molecule has 0 atom stereocenters. The molecule has 0 aliphatic rings. The van der Waals surface area contributed by atoms with Crippen molar-refractivity contribution >= 4 is 17.4 Å². The number of nitriles is 1. The zero-order valence-electron chi connectivity index (χ0n) is 17.8. The Bertz CT molecular complexity index is 914. The Kier molecular flexibility index (Phi) is 8.76. The summed E-state index contributed by atoms with van der Waals surface area (Å²) >= 11 is 0. The number of nitrogens with zero attached hydrogens (tertiary/aromatic N) is 1. The lowest BCUT2D eigenvalue weighted by Crippen LogP contribution is -2.15. The highest BCUT2D eigenvalue weighted by molar-refractivity contribution is 5.76. The third kappa shape index (κ3) is 6.28. The summed E-state index contributed by atoms with van der Waals surface area (Å²) in [6.45, 7) is 10.8. The third-order valence-corrected chi connectivity index (χ3v) is 4.40. The average Bonchev–Trinajstić information content (AvgIpc) is 2.75. The lowest BCUT2D eigenvalue weighted by atomic mass is 9.99. The maximum Gasteiger partial charge on any atom is 0.312 e. The summed E-state index contributed by atoms with van der Waals surface area (Å²) in [4.78, 5) is 12.5. The van der Waals surface area contributed by atoms with Crippen LogP contribution in [0.5, 0.6) is 5.75 Å². The molecule has 6 heteroatoms. The maximum absolute atomic E-state index is 12.5. The number of nitrogens with one attached hydrogen (secondary N) is 1. The summed E-state index contributed by atoms with van der Waals surface area (Å²) in [5.74, 6) is 0.747. The number of hydrogen-bond acceptors (Lipinski definition) is 6. The second kappa shape index (κ2) is 11.5. The number of aryl methyl sites for hydroxylation is 1. The minimum absolute atomic E-state index is 0.0285. The Hall–Kier alpha value is -3.46. The van der Waals surface area contributed by atoms with E-state index in [0.29, 0.717) is 30.3 Å². The Balaban J connectivity index is 2.10. The van der Waals surface area contributed by atoms with Gasteiger partial charge in [0.25, 0.3) is 0 Å². The number of benzene rings is 2. The Labute approximate surface area is 178 Å². The zero-order chi connectivity index (χ0) is 21.9. The molecule has 0 bridgehead atoms. The molecule has 0 radical (unpaired) electrons. The molecule has 0 amide bonds. The molecule has 1 N–H and O–H groups in total. The summed E-state index contributed by atoms with van der Waals surface area (Å²) in [6, 6.07) is 12.9. The molecule has 0 fully saturated rings. The normalized spacial score (nSPS) is 10.1. The van der Waals surface area contributed by atoms with Crippen molar-refractivity contribution in [3.63, 3.8) is 0 Å². The molecule has 0 saturated carbocycles. The summed E-state index contributed by atoms with van der Waals surface area (Å²) < 4.78 is 16.8. The van der Waals surface area contributed by atoms with Gasteiger partial charge in [-0.1, -0.05) is 19.6 Å². The first kappa shape index (κ1) is 22.8. The predicted molar refractivity (Wildman–Crippen MR) is 117 cm³/mol. The molecule has 158 valence electrons. The summed E-state index contributed by atoms with van der Waals surface area (Å²) in [6.07, 6.45) is 0.881. The molecular formula is C24H28N2O4. The van der Waals surface area contributed by atoms with E-state index in [1.165, 1.54) is 0 Å². The average molecular weight is 408 g/mol. The second-order valence-electron chi connectivity index (χ2n) is 6.48. The lowest BCUT2D eigenvalue weighted by molar-refractivity contribution is -0.142. The van der Waals surface area contributed by atoms with E-state index in [4.69, 9.17) is 19.5 Å². The first-order valence-electron chi connectivity index (χ1n) is 10.0. The van der Waals surface area contributed by atoms with Crippen molar-refractivity contribution in [2.24, 2.45) is 0 Å². The molecule has 2 rings (SSSR count). The molecule has 6 nitrogen and oxygen atoms in total. The van der Waals surface area contributed by atoms with Crippen LogP contribution in [0.1, 0.15) is 43.0 Å². The number of rotatable bonds is 11. The van der Waals surface area contributed by atoms with Crippen LogP contribution < -0.4 is 10.1 Å². The molecule has 0 spiro atoms. The van der Waals surface area contributed by atoms with Crippen molar-refractivity contribution in [3.05, 3.63) is 65.2 Å². The van der Waals surface area contributed by atoms with Crippen LogP contribution in [0.2, 0.25) is 0 Å². The van der Waals surface area contributed by atoms with Crippen molar-refractivity contribution in [1.29, 1.82) is 5.26 Å². The van der Waals surface area contributed by atoms with Crippen molar-refractivity contribution in [1.82, 2.24) is 0 Å². The highest BCUT2D eigenvalue weighted by Crippen LogP contribution is 2.32. The van der Waals surface area contributed by atoms with E-state index in [0.717, 1.165) is 28.8 Å². The third-order valence-electron chi connectivity index (χ3n) is 4.40. The Morgan fingerprint density at radius 1 is 1.10 bits per heavy atom. The van der Waals surface area contributed by atoms with E-state index in [1.54, 1.807) is 24.3 Å². The van der Waals surface area contributed by atoms with E-state index >= 15 is 0 Å².